The maximum Gasteiger partial charge on any atom is 0.155 e. The molecule has 0 aromatic rings. The van der Waals surface area contributed by atoms with E-state index in [9.17, 15) is 9.59 Å². The van der Waals surface area contributed by atoms with E-state index in [-0.39, 0.29) is 11.2 Å². The molecule has 2 rings (SSSR count). The van der Waals surface area contributed by atoms with Gasteiger partial charge in [-0.1, -0.05) is 32.3 Å². The van der Waals surface area contributed by atoms with Gasteiger partial charge in [0.05, 0.1) is 5.41 Å². The van der Waals surface area contributed by atoms with Crippen LogP contribution in [0.2, 0.25) is 0 Å². The predicted molar refractivity (Wildman–Crippen MR) is 72.3 cm³/mol. The zero-order chi connectivity index (χ0) is 13.2. The van der Waals surface area contributed by atoms with Crippen molar-refractivity contribution in [1.29, 1.82) is 0 Å². The number of carbonyl (C=O) groups is 2. The fourth-order valence-corrected chi connectivity index (χ4v) is 3.45. The van der Waals surface area contributed by atoms with Gasteiger partial charge in [-0.3, -0.25) is 9.59 Å². The van der Waals surface area contributed by atoms with Crippen LogP contribution in [0.25, 0.3) is 0 Å². The van der Waals surface area contributed by atoms with Crippen LogP contribution in [0.4, 0.5) is 0 Å². The molecule has 0 aliphatic heterocycles. The van der Waals surface area contributed by atoms with E-state index in [4.69, 9.17) is 0 Å². The molecule has 0 aromatic heterocycles. The Kier molecular flexibility index (Phi) is 4.04. The number of Topliss-reactive ketones (excluding diaryl/α,β-unsaturated/α-hetero) is 1. The Morgan fingerprint density at radius 3 is 2.72 bits per heavy atom. The van der Waals surface area contributed by atoms with Gasteiger partial charge in [0.15, 0.2) is 5.78 Å². The van der Waals surface area contributed by atoms with Gasteiger partial charge < -0.3 is 0 Å². The smallest absolute Gasteiger partial charge is 0.155 e. The first-order chi connectivity index (χ1) is 8.54. The largest absolute Gasteiger partial charge is 0.299 e. The fraction of sp³-hybridized carbons (Fsp3) is 0.750. The summed E-state index contributed by atoms with van der Waals surface area (Å²) in [6.45, 7) is 4.45. The Balaban J connectivity index is 2.15. The topological polar surface area (TPSA) is 34.1 Å². The standard InChI is InChI=1S/C16H24O2/c1-12(2)5-4-9-16-10-8-14(17)11-13(16)6-3-7-15(16)18/h11-12H,3-10H2,1-2H3/t16-/m0/s1. The molecular formula is C16H24O2. The highest BCUT2D eigenvalue weighted by atomic mass is 16.1. The second-order valence-corrected chi connectivity index (χ2v) is 6.28. The van der Waals surface area contributed by atoms with Crippen LogP contribution in [0.15, 0.2) is 11.6 Å². The molecule has 2 aliphatic carbocycles. The van der Waals surface area contributed by atoms with Crippen molar-refractivity contribution in [2.75, 3.05) is 0 Å². The average Bonchev–Trinajstić information content (AvgIpc) is 2.30. The molecule has 1 atom stereocenters. The number of carbonyl (C=O) groups excluding carboxylic acids is 2. The number of rotatable bonds is 4. The first-order valence-electron chi connectivity index (χ1n) is 7.32. The zero-order valence-electron chi connectivity index (χ0n) is 11.6. The Morgan fingerprint density at radius 2 is 2.00 bits per heavy atom. The van der Waals surface area contributed by atoms with Gasteiger partial charge in [0.2, 0.25) is 0 Å². The molecular weight excluding hydrogens is 224 g/mol. The third-order valence-corrected chi connectivity index (χ3v) is 4.52. The van der Waals surface area contributed by atoms with Gasteiger partial charge in [-0.05, 0) is 37.7 Å². The maximum atomic E-state index is 12.4. The first kappa shape index (κ1) is 13.5. The molecule has 0 aromatic carbocycles. The van der Waals surface area contributed by atoms with Crippen LogP contribution in [-0.4, -0.2) is 11.6 Å². The molecule has 2 aliphatic rings. The third-order valence-electron chi connectivity index (χ3n) is 4.52. The number of hydrogen-bond acceptors (Lipinski definition) is 2. The lowest BCUT2D eigenvalue weighted by Crippen LogP contribution is -2.39. The van der Waals surface area contributed by atoms with Crippen molar-refractivity contribution in [2.45, 2.75) is 65.2 Å². The summed E-state index contributed by atoms with van der Waals surface area (Å²) < 4.78 is 0. The molecule has 2 nitrogen and oxygen atoms in total. The average molecular weight is 248 g/mol. The van der Waals surface area contributed by atoms with Gasteiger partial charge in [-0.2, -0.15) is 0 Å². The van der Waals surface area contributed by atoms with E-state index >= 15 is 0 Å². The minimum atomic E-state index is -0.249. The van der Waals surface area contributed by atoms with E-state index in [0.29, 0.717) is 24.5 Å². The third kappa shape index (κ3) is 2.57. The lowest BCUT2D eigenvalue weighted by atomic mass is 9.61. The highest BCUT2D eigenvalue weighted by molar-refractivity contribution is 5.97. The van der Waals surface area contributed by atoms with Crippen LogP contribution < -0.4 is 0 Å². The first-order valence-corrected chi connectivity index (χ1v) is 7.32. The molecule has 0 unspecified atom stereocenters. The summed E-state index contributed by atoms with van der Waals surface area (Å²) >= 11 is 0. The van der Waals surface area contributed by atoms with Crippen molar-refractivity contribution in [1.82, 2.24) is 0 Å². The normalized spacial score (nSPS) is 28.3. The Labute approximate surface area is 110 Å². The monoisotopic (exact) mass is 248 g/mol. The van der Waals surface area contributed by atoms with E-state index in [2.05, 4.69) is 13.8 Å². The van der Waals surface area contributed by atoms with Crippen LogP contribution in [0, 0.1) is 11.3 Å². The molecule has 0 spiro atoms. The minimum Gasteiger partial charge on any atom is -0.299 e. The van der Waals surface area contributed by atoms with Gasteiger partial charge in [0, 0.05) is 12.8 Å². The van der Waals surface area contributed by atoms with Crippen LogP contribution in [0.5, 0.6) is 0 Å². The number of ketones is 2. The molecule has 0 bridgehead atoms. The summed E-state index contributed by atoms with van der Waals surface area (Å²) in [6.07, 6.45) is 8.98. The van der Waals surface area contributed by atoms with E-state index in [1.54, 1.807) is 6.08 Å². The van der Waals surface area contributed by atoms with Crippen molar-refractivity contribution in [3.63, 3.8) is 0 Å². The second kappa shape index (κ2) is 5.38. The summed E-state index contributed by atoms with van der Waals surface area (Å²) in [7, 11) is 0. The molecule has 0 heterocycles. The Hall–Kier alpha value is -0.920. The SMILES string of the molecule is CC(C)CCC[C@]12CCC(=O)C=C1CCCC2=O. The van der Waals surface area contributed by atoms with Crippen LogP contribution >= 0.6 is 0 Å². The predicted octanol–water partition coefficient (Wildman–Crippen LogP) is 3.84. The van der Waals surface area contributed by atoms with Gasteiger partial charge in [-0.15, -0.1) is 0 Å². The number of hydrogen-bond donors (Lipinski definition) is 0. The molecule has 0 radical (unpaired) electrons. The van der Waals surface area contributed by atoms with Gasteiger partial charge in [0.1, 0.15) is 5.78 Å². The zero-order valence-corrected chi connectivity index (χ0v) is 11.6. The van der Waals surface area contributed by atoms with Crippen molar-refractivity contribution in [2.24, 2.45) is 11.3 Å². The summed E-state index contributed by atoms with van der Waals surface area (Å²) in [4.78, 5) is 23.9. The highest BCUT2D eigenvalue weighted by Gasteiger charge is 2.44. The van der Waals surface area contributed by atoms with Crippen LogP contribution in [0.1, 0.15) is 65.2 Å². The molecule has 1 fully saturated rings. The highest BCUT2D eigenvalue weighted by Crippen LogP contribution is 2.48. The number of fused-ring (bicyclic) bond motifs is 1. The summed E-state index contributed by atoms with van der Waals surface area (Å²) in [6, 6.07) is 0. The van der Waals surface area contributed by atoms with E-state index in [1.165, 1.54) is 6.42 Å². The van der Waals surface area contributed by atoms with E-state index < -0.39 is 0 Å². The summed E-state index contributed by atoms with van der Waals surface area (Å²) in [5, 5.41) is 0. The lowest BCUT2D eigenvalue weighted by molar-refractivity contribution is -0.130. The van der Waals surface area contributed by atoms with Crippen molar-refractivity contribution >= 4 is 11.6 Å². The molecule has 0 saturated heterocycles. The lowest BCUT2D eigenvalue weighted by Gasteiger charge is -2.40. The Bertz CT molecular complexity index is 379. The molecule has 0 N–H and O–H groups in total. The second-order valence-electron chi connectivity index (χ2n) is 6.28. The van der Waals surface area contributed by atoms with Crippen LogP contribution in [-0.2, 0) is 9.59 Å². The minimum absolute atomic E-state index is 0.221. The molecule has 2 heteroatoms. The molecule has 100 valence electrons. The molecule has 1 saturated carbocycles. The van der Waals surface area contributed by atoms with Gasteiger partial charge in [-0.25, -0.2) is 0 Å². The van der Waals surface area contributed by atoms with Crippen molar-refractivity contribution in [3.05, 3.63) is 11.6 Å². The Morgan fingerprint density at radius 1 is 1.22 bits per heavy atom. The number of allylic oxidation sites excluding steroid dienone is 2. The van der Waals surface area contributed by atoms with E-state index in [1.807, 2.05) is 0 Å². The maximum absolute atomic E-state index is 12.4. The van der Waals surface area contributed by atoms with Crippen molar-refractivity contribution < 1.29 is 9.59 Å². The van der Waals surface area contributed by atoms with E-state index in [0.717, 1.165) is 37.7 Å². The van der Waals surface area contributed by atoms with Gasteiger partial charge in [0.25, 0.3) is 0 Å². The van der Waals surface area contributed by atoms with Gasteiger partial charge >= 0.3 is 0 Å². The molecule has 18 heavy (non-hydrogen) atoms. The summed E-state index contributed by atoms with van der Waals surface area (Å²) in [5.41, 5.74) is 0.903. The fourth-order valence-electron chi connectivity index (χ4n) is 3.45. The van der Waals surface area contributed by atoms with Crippen molar-refractivity contribution in [3.8, 4) is 0 Å². The quantitative estimate of drug-likeness (QED) is 0.757. The van der Waals surface area contributed by atoms with Crippen LogP contribution in [0.3, 0.4) is 0 Å². The molecule has 0 amide bonds. The summed E-state index contributed by atoms with van der Waals surface area (Å²) in [5.74, 6) is 1.31.